The molecule has 5 heteroatoms. The monoisotopic (exact) mass is 449 g/mol. The molecule has 0 radical (unpaired) electrons. The maximum atomic E-state index is 5.79. The van der Waals surface area contributed by atoms with Gasteiger partial charge in [-0.05, 0) is 77.3 Å². The lowest BCUT2D eigenvalue weighted by atomic mass is 9.96. The van der Waals surface area contributed by atoms with Crippen molar-refractivity contribution in [1.82, 2.24) is 4.90 Å². The van der Waals surface area contributed by atoms with Crippen LogP contribution in [0.25, 0.3) is 17.7 Å². The van der Waals surface area contributed by atoms with Gasteiger partial charge in [-0.3, -0.25) is 4.99 Å². The van der Waals surface area contributed by atoms with Crippen molar-refractivity contribution in [2.75, 3.05) is 55.7 Å². The van der Waals surface area contributed by atoms with E-state index in [9.17, 15) is 0 Å². The summed E-state index contributed by atoms with van der Waals surface area (Å²) in [7, 11) is 2.18. The molecule has 3 N–H and O–H groups in total. The molecule has 172 valence electrons. The Balaban J connectivity index is 1.29. The third kappa shape index (κ3) is 5.21. The van der Waals surface area contributed by atoms with Crippen LogP contribution in [0.15, 0.2) is 77.9 Å². The molecule has 0 bridgehead atoms. The molecule has 2 aliphatic rings. The Hall–Kier alpha value is -3.83. The minimum atomic E-state index is 0.671. The lowest BCUT2D eigenvalue weighted by Crippen LogP contribution is -2.44. The number of nitrogens with zero attached hydrogens (tertiary/aromatic N) is 3. The van der Waals surface area contributed by atoms with E-state index >= 15 is 0 Å². The third-order valence-electron chi connectivity index (χ3n) is 6.47. The minimum absolute atomic E-state index is 0.671. The molecule has 3 aromatic carbocycles. The van der Waals surface area contributed by atoms with Gasteiger partial charge in [0.05, 0.1) is 6.54 Å². The highest BCUT2D eigenvalue weighted by Gasteiger charge is 2.14. The van der Waals surface area contributed by atoms with Crippen molar-refractivity contribution in [3.8, 4) is 0 Å². The second-order valence-corrected chi connectivity index (χ2v) is 8.97. The number of hydrogen-bond donors (Lipinski definition) is 2. The molecule has 0 amide bonds. The third-order valence-corrected chi connectivity index (χ3v) is 6.47. The molecular formula is C29H31N5. The van der Waals surface area contributed by atoms with Gasteiger partial charge in [-0.25, -0.2) is 0 Å². The number of hydrogen-bond acceptors (Lipinski definition) is 5. The molecule has 0 saturated carbocycles. The average Bonchev–Trinajstić information content (AvgIpc) is 2.88. The number of likely N-dealkylation sites (N-methyl/N-ethyl adjacent to an activating group) is 1. The van der Waals surface area contributed by atoms with Crippen molar-refractivity contribution >= 4 is 41.0 Å². The van der Waals surface area contributed by atoms with Crippen LogP contribution in [-0.2, 0) is 0 Å². The summed E-state index contributed by atoms with van der Waals surface area (Å²) in [6.45, 7) is 5.06. The Labute approximate surface area is 201 Å². The van der Waals surface area contributed by atoms with Crippen LogP contribution in [0, 0.1) is 0 Å². The number of nitrogen functional groups attached to an aromatic ring is 1. The van der Waals surface area contributed by atoms with Gasteiger partial charge in [0.25, 0.3) is 0 Å². The first kappa shape index (κ1) is 22.0. The molecule has 1 saturated heterocycles. The van der Waals surface area contributed by atoms with Crippen molar-refractivity contribution in [2.45, 2.75) is 0 Å². The van der Waals surface area contributed by atoms with E-state index < -0.39 is 0 Å². The molecule has 5 nitrogen and oxygen atoms in total. The Morgan fingerprint density at radius 1 is 0.853 bits per heavy atom. The molecule has 34 heavy (non-hydrogen) atoms. The van der Waals surface area contributed by atoms with Crippen LogP contribution >= 0.6 is 0 Å². The van der Waals surface area contributed by atoms with Crippen molar-refractivity contribution in [1.29, 1.82) is 0 Å². The number of anilines is 3. The van der Waals surface area contributed by atoms with E-state index in [1.54, 1.807) is 0 Å². The van der Waals surface area contributed by atoms with Gasteiger partial charge in [-0.2, -0.15) is 0 Å². The lowest BCUT2D eigenvalue weighted by molar-refractivity contribution is 0.313. The topological polar surface area (TPSA) is 56.9 Å². The molecule has 0 aromatic heterocycles. The van der Waals surface area contributed by atoms with E-state index in [2.05, 4.69) is 88.0 Å². The molecule has 0 unspecified atom stereocenters. The van der Waals surface area contributed by atoms with E-state index in [0.29, 0.717) is 6.54 Å². The van der Waals surface area contributed by atoms with Gasteiger partial charge in [0, 0.05) is 55.7 Å². The largest absolute Gasteiger partial charge is 0.399 e. The molecule has 5 rings (SSSR count). The summed E-state index contributed by atoms with van der Waals surface area (Å²) in [5, 5.41) is 3.48. The molecule has 3 aromatic rings. The lowest BCUT2D eigenvalue weighted by Gasteiger charge is -2.34. The summed E-state index contributed by atoms with van der Waals surface area (Å²) in [4.78, 5) is 9.38. The van der Waals surface area contributed by atoms with Crippen LogP contribution in [-0.4, -0.2) is 50.9 Å². The Morgan fingerprint density at radius 3 is 2.32 bits per heavy atom. The summed E-state index contributed by atoms with van der Waals surface area (Å²) in [5.41, 5.74) is 14.8. The van der Waals surface area contributed by atoms with Crippen molar-refractivity contribution < 1.29 is 0 Å². The molecule has 0 aliphatic carbocycles. The predicted octanol–water partition coefficient (Wildman–Crippen LogP) is 5.08. The van der Waals surface area contributed by atoms with Crippen LogP contribution in [0.1, 0.15) is 22.3 Å². The van der Waals surface area contributed by atoms with E-state index in [1.165, 1.54) is 16.8 Å². The summed E-state index contributed by atoms with van der Waals surface area (Å²) in [6.07, 6.45) is 8.31. The number of benzene rings is 3. The van der Waals surface area contributed by atoms with Crippen molar-refractivity contribution in [2.24, 2.45) is 4.99 Å². The smallest absolute Gasteiger partial charge is 0.0660 e. The zero-order chi connectivity index (χ0) is 23.3. The Kier molecular flexibility index (Phi) is 6.45. The highest BCUT2D eigenvalue weighted by Crippen LogP contribution is 2.26. The first-order valence-electron chi connectivity index (χ1n) is 11.8. The summed E-state index contributed by atoms with van der Waals surface area (Å²) in [6, 6.07) is 23.1. The van der Waals surface area contributed by atoms with Crippen LogP contribution in [0.4, 0.5) is 17.1 Å². The highest BCUT2D eigenvalue weighted by molar-refractivity contribution is 5.93. The number of fused-ring (bicyclic) bond motifs is 1. The number of nitrogens with one attached hydrogen (secondary N) is 1. The van der Waals surface area contributed by atoms with Crippen LogP contribution in [0.5, 0.6) is 0 Å². The van der Waals surface area contributed by atoms with Gasteiger partial charge < -0.3 is 20.9 Å². The van der Waals surface area contributed by atoms with E-state index in [-0.39, 0.29) is 0 Å². The number of piperazine rings is 1. The van der Waals surface area contributed by atoms with Crippen LogP contribution in [0.3, 0.4) is 0 Å². The van der Waals surface area contributed by atoms with Gasteiger partial charge in [0.1, 0.15) is 0 Å². The highest BCUT2D eigenvalue weighted by atomic mass is 15.2. The molecule has 2 heterocycles. The summed E-state index contributed by atoms with van der Waals surface area (Å²) >= 11 is 0. The van der Waals surface area contributed by atoms with Crippen molar-refractivity contribution in [3.63, 3.8) is 0 Å². The fraction of sp³-hybridized carbons (Fsp3) is 0.207. The maximum Gasteiger partial charge on any atom is 0.0660 e. The van der Waals surface area contributed by atoms with Crippen molar-refractivity contribution in [3.05, 3.63) is 95.2 Å². The number of rotatable bonds is 5. The van der Waals surface area contributed by atoms with Gasteiger partial charge in [-0.15, -0.1) is 0 Å². The van der Waals surface area contributed by atoms with Gasteiger partial charge >= 0.3 is 0 Å². The fourth-order valence-corrected chi connectivity index (χ4v) is 4.32. The molecular weight excluding hydrogens is 418 g/mol. The number of nitrogens with two attached hydrogens (primary N) is 1. The fourth-order valence-electron chi connectivity index (χ4n) is 4.32. The van der Waals surface area contributed by atoms with Gasteiger partial charge in [-0.1, -0.05) is 36.4 Å². The van der Waals surface area contributed by atoms with Crippen LogP contribution in [0.2, 0.25) is 0 Å². The number of aliphatic imine (C=N–C) groups is 1. The van der Waals surface area contributed by atoms with E-state index in [0.717, 1.165) is 54.2 Å². The SMILES string of the molecule is CN1CCN(c2ccc(NC=C3CN=Cc4ccc(C=Cc5ccc(N)cc5)cc43)cc2)CC1. The second kappa shape index (κ2) is 9.98. The average molecular weight is 450 g/mol. The maximum absolute atomic E-state index is 5.79. The molecule has 0 spiro atoms. The Morgan fingerprint density at radius 2 is 1.56 bits per heavy atom. The first-order chi connectivity index (χ1) is 16.6. The predicted molar refractivity (Wildman–Crippen MR) is 146 cm³/mol. The molecule has 2 aliphatic heterocycles. The summed E-state index contributed by atoms with van der Waals surface area (Å²) < 4.78 is 0. The standard InChI is InChI=1S/C29H31N5/c1-33-14-16-34(17-15-33)28-12-10-27(11-13-28)32-21-25-20-31-19-24-7-4-23(18-29(24)25)3-2-22-5-8-26(30)9-6-22/h2-13,18-19,21,32H,14-17,20,30H2,1H3. The summed E-state index contributed by atoms with van der Waals surface area (Å²) in [5.74, 6) is 0. The second-order valence-electron chi connectivity index (χ2n) is 8.97. The quantitative estimate of drug-likeness (QED) is 0.421. The van der Waals surface area contributed by atoms with E-state index in [1.807, 2.05) is 30.5 Å². The van der Waals surface area contributed by atoms with E-state index in [4.69, 9.17) is 5.73 Å². The zero-order valence-electron chi connectivity index (χ0n) is 19.6. The van der Waals surface area contributed by atoms with Gasteiger partial charge in [0.15, 0.2) is 0 Å². The molecule has 0 atom stereocenters. The minimum Gasteiger partial charge on any atom is -0.399 e. The molecule has 1 fully saturated rings. The van der Waals surface area contributed by atoms with Crippen LogP contribution < -0.4 is 16.0 Å². The zero-order valence-corrected chi connectivity index (χ0v) is 19.6. The Bertz CT molecular complexity index is 1210. The first-order valence-corrected chi connectivity index (χ1v) is 11.8. The van der Waals surface area contributed by atoms with Gasteiger partial charge in [0.2, 0.25) is 0 Å². The normalized spacial score (nSPS) is 17.3.